The molecule has 5 heteroatoms. The van der Waals surface area contributed by atoms with Gasteiger partial charge in [-0.1, -0.05) is 18.7 Å². The summed E-state index contributed by atoms with van der Waals surface area (Å²) in [5.74, 6) is 0.299. The summed E-state index contributed by atoms with van der Waals surface area (Å²) >= 11 is 3.39. The molecule has 0 bridgehead atoms. The van der Waals surface area contributed by atoms with Gasteiger partial charge in [-0.05, 0) is 53.5 Å². The Balaban J connectivity index is 2.97. The van der Waals surface area contributed by atoms with Crippen molar-refractivity contribution in [1.82, 2.24) is 5.32 Å². The summed E-state index contributed by atoms with van der Waals surface area (Å²) in [6.07, 6.45) is 3.20. The van der Waals surface area contributed by atoms with Crippen molar-refractivity contribution >= 4 is 27.9 Å². The Kier molecular flexibility index (Phi) is 6.70. The topological polar surface area (TPSA) is 62.1 Å². The Morgan fingerprint density at radius 3 is 2.81 bits per heavy atom. The lowest BCUT2D eigenvalue weighted by Gasteiger charge is -2.08. The zero-order valence-electron chi connectivity index (χ0n) is 12.0. The van der Waals surface area contributed by atoms with Crippen molar-refractivity contribution < 1.29 is 9.53 Å². The average Bonchev–Trinajstić information content (AvgIpc) is 2.43. The largest absolute Gasteiger partial charge is 0.488 e. The molecule has 0 saturated heterocycles. The molecule has 0 aliphatic carbocycles. The van der Waals surface area contributed by atoms with Crippen molar-refractivity contribution in [1.29, 1.82) is 5.26 Å². The predicted octanol–water partition coefficient (Wildman–Crippen LogP) is 3.45. The van der Waals surface area contributed by atoms with E-state index in [0.29, 0.717) is 12.4 Å². The zero-order chi connectivity index (χ0) is 15.8. The van der Waals surface area contributed by atoms with Crippen LogP contribution < -0.4 is 10.1 Å². The number of rotatable bonds is 6. The lowest BCUT2D eigenvalue weighted by Crippen LogP contribution is -2.30. The van der Waals surface area contributed by atoms with Gasteiger partial charge in [0.2, 0.25) is 0 Å². The fourth-order valence-electron chi connectivity index (χ4n) is 1.53. The second-order valence-corrected chi connectivity index (χ2v) is 5.44. The predicted molar refractivity (Wildman–Crippen MR) is 86.7 cm³/mol. The fourth-order valence-corrected chi connectivity index (χ4v) is 2.04. The van der Waals surface area contributed by atoms with Gasteiger partial charge in [-0.3, -0.25) is 4.79 Å². The maximum atomic E-state index is 11.8. The highest BCUT2D eigenvalue weighted by molar-refractivity contribution is 9.10. The minimum atomic E-state index is -0.379. The minimum absolute atomic E-state index is 0.0179. The molecule has 1 rings (SSSR count). The molecule has 1 aromatic carbocycles. The number of carbonyl (C=O) groups excluding carboxylic acids is 1. The Hall–Kier alpha value is -2.06. The Bertz CT molecular complexity index is 601. The third-order valence-electron chi connectivity index (χ3n) is 2.41. The van der Waals surface area contributed by atoms with Crippen LogP contribution in [0, 0.1) is 11.3 Å². The first-order chi connectivity index (χ1) is 9.97. The zero-order valence-corrected chi connectivity index (χ0v) is 13.6. The van der Waals surface area contributed by atoms with Crippen LogP contribution in [0.3, 0.4) is 0 Å². The van der Waals surface area contributed by atoms with E-state index in [9.17, 15) is 4.79 Å². The smallest absolute Gasteiger partial charge is 0.262 e. The van der Waals surface area contributed by atoms with Crippen molar-refractivity contribution in [3.63, 3.8) is 0 Å². The molecule has 0 radical (unpaired) electrons. The number of hydrogen-bond acceptors (Lipinski definition) is 3. The molecular weight excluding hydrogens is 332 g/mol. The van der Waals surface area contributed by atoms with Crippen molar-refractivity contribution in [2.75, 3.05) is 6.61 Å². The number of ether oxygens (including phenoxy) is 1. The lowest BCUT2D eigenvalue weighted by atomic mass is 10.1. The second-order valence-electron chi connectivity index (χ2n) is 4.59. The fraction of sp³-hybridized carbons (Fsp3) is 0.250. The van der Waals surface area contributed by atoms with Gasteiger partial charge in [0, 0.05) is 6.04 Å². The molecule has 4 nitrogen and oxygen atoms in total. The maximum Gasteiger partial charge on any atom is 0.262 e. The van der Waals surface area contributed by atoms with Gasteiger partial charge in [0.1, 0.15) is 24.0 Å². The summed E-state index contributed by atoms with van der Waals surface area (Å²) in [7, 11) is 0. The highest BCUT2D eigenvalue weighted by Gasteiger charge is 2.10. The number of nitrogens with zero attached hydrogens (tertiary/aromatic N) is 1. The summed E-state index contributed by atoms with van der Waals surface area (Å²) in [5.41, 5.74) is 0.804. The summed E-state index contributed by atoms with van der Waals surface area (Å²) in [6.45, 7) is 7.68. The Morgan fingerprint density at radius 1 is 1.57 bits per heavy atom. The van der Waals surface area contributed by atoms with E-state index >= 15 is 0 Å². The molecular formula is C16H17BrN2O2. The molecule has 110 valence electrons. The molecule has 1 amide bonds. The van der Waals surface area contributed by atoms with Crippen LogP contribution in [-0.4, -0.2) is 18.6 Å². The molecule has 0 fully saturated rings. The third-order valence-corrected chi connectivity index (χ3v) is 3.03. The van der Waals surface area contributed by atoms with Crippen LogP contribution >= 0.6 is 15.9 Å². The normalized spacial score (nSPS) is 10.9. The van der Waals surface area contributed by atoms with E-state index in [4.69, 9.17) is 10.00 Å². The molecule has 0 aliphatic rings. The number of benzene rings is 1. The van der Waals surface area contributed by atoms with Gasteiger partial charge in [0.15, 0.2) is 0 Å². The van der Waals surface area contributed by atoms with Gasteiger partial charge in [-0.15, -0.1) is 0 Å². The highest BCUT2D eigenvalue weighted by Crippen LogP contribution is 2.27. The molecule has 0 heterocycles. The van der Waals surface area contributed by atoms with E-state index in [2.05, 4.69) is 27.8 Å². The Morgan fingerprint density at radius 2 is 2.29 bits per heavy atom. The number of amides is 1. The molecule has 0 aliphatic heterocycles. The van der Waals surface area contributed by atoms with Gasteiger partial charge in [0.05, 0.1) is 4.47 Å². The molecule has 0 unspecified atom stereocenters. The maximum absolute atomic E-state index is 11.8. The summed E-state index contributed by atoms with van der Waals surface area (Å²) in [5, 5.41) is 11.8. The number of nitrogens with one attached hydrogen (secondary N) is 1. The minimum Gasteiger partial charge on any atom is -0.488 e. The monoisotopic (exact) mass is 348 g/mol. The van der Waals surface area contributed by atoms with Crippen LogP contribution in [0.5, 0.6) is 5.75 Å². The molecule has 0 aromatic heterocycles. The van der Waals surface area contributed by atoms with Gasteiger partial charge >= 0.3 is 0 Å². The highest BCUT2D eigenvalue weighted by atomic mass is 79.9. The molecule has 0 spiro atoms. The lowest BCUT2D eigenvalue weighted by molar-refractivity contribution is -0.117. The number of carbonyl (C=O) groups is 1. The molecule has 1 N–H and O–H groups in total. The van der Waals surface area contributed by atoms with E-state index in [-0.39, 0.29) is 17.5 Å². The van der Waals surface area contributed by atoms with Crippen molar-refractivity contribution in [3.8, 4) is 11.8 Å². The molecule has 1 aromatic rings. The second kappa shape index (κ2) is 8.28. The van der Waals surface area contributed by atoms with E-state index in [1.165, 1.54) is 0 Å². The van der Waals surface area contributed by atoms with Crippen molar-refractivity contribution in [2.24, 2.45) is 0 Å². The first-order valence-electron chi connectivity index (χ1n) is 6.43. The van der Waals surface area contributed by atoms with Crippen molar-refractivity contribution in [3.05, 3.63) is 46.5 Å². The van der Waals surface area contributed by atoms with E-state index in [1.807, 2.05) is 19.9 Å². The average molecular weight is 349 g/mol. The van der Waals surface area contributed by atoms with Crippen LogP contribution in [-0.2, 0) is 4.79 Å². The van der Waals surface area contributed by atoms with Gasteiger partial charge < -0.3 is 10.1 Å². The van der Waals surface area contributed by atoms with Crippen LogP contribution in [0.15, 0.2) is 40.9 Å². The SMILES string of the molecule is C=CCOc1ccc(/C=C(\C#N)C(=O)NC(C)C)cc1Br. The van der Waals surface area contributed by atoms with Crippen LogP contribution in [0.4, 0.5) is 0 Å². The molecule has 0 saturated carbocycles. The summed E-state index contributed by atoms with van der Waals surface area (Å²) in [4.78, 5) is 11.8. The Labute approximate surface area is 133 Å². The first kappa shape index (κ1) is 17.0. The third kappa shape index (κ3) is 5.44. The molecule has 0 atom stereocenters. The quantitative estimate of drug-likeness (QED) is 0.486. The first-order valence-corrected chi connectivity index (χ1v) is 7.23. The van der Waals surface area contributed by atoms with Gasteiger partial charge in [0.25, 0.3) is 5.91 Å². The van der Waals surface area contributed by atoms with Gasteiger partial charge in [-0.25, -0.2) is 0 Å². The number of nitriles is 1. The van der Waals surface area contributed by atoms with Gasteiger partial charge in [-0.2, -0.15) is 5.26 Å². The van der Waals surface area contributed by atoms with Crippen LogP contribution in [0.1, 0.15) is 19.4 Å². The standard InChI is InChI=1S/C16H17BrN2O2/c1-4-7-21-15-6-5-12(9-14(15)17)8-13(10-18)16(20)19-11(2)3/h4-6,8-9,11H,1,7H2,2-3H3,(H,19,20)/b13-8+. The summed E-state index contributed by atoms with van der Waals surface area (Å²) < 4.78 is 6.19. The molecule has 21 heavy (non-hydrogen) atoms. The number of halogens is 1. The number of hydrogen-bond donors (Lipinski definition) is 1. The van der Waals surface area contributed by atoms with Crippen LogP contribution in [0.25, 0.3) is 6.08 Å². The summed E-state index contributed by atoms with van der Waals surface area (Å²) in [6, 6.07) is 7.24. The van der Waals surface area contributed by atoms with E-state index in [1.54, 1.807) is 30.4 Å². The van der Waals surface area contributed by atoms with Crippen LogP contribution in [0.2, 0.25) is 0 Å². The van der Waals surface area contributed by atoms with Crippen molar-refractivity contribution in [2.45, 2.75) is 19.9 Å². The van der Waals surface area contributed by atoms with E-state index < -0.39 is 0 Å². The van der Waals surface area contributed by atoms with E-state index in [0.717, 1.165) is 10.0 Å².